The molecular weight excluding hydrogens is 464 g/mol. The number of rotatable bonds is 5. The van der Waals surface area contributed by atoms with Gasteiger partial charge in [0.2, 0.25) is 0 Å². The molecule has 182 valence electrons. The fourth-order valence-corrected chi connectivity index (χ4v) is 5.02. The second-order valence-electron chi connectivity index (χ2n) is 9.34. The molecule has 1 fully saturated rings. The van der Waals surface area contributed by atoms with Gasteiger partial charge >= 0.3 is 0 Å². The Morgan fingerprint density at radius 3 is 2.65 bits per heavy atom. The topological polar surface area (TPSA) is 118 Å². The van der Waals surface area contributed by atoms with E-state index in [2.05, 4.69) is 41.2 Å². The Morgan fingerprint density at radius 1 is 0.838 bits per heavy atom. The first-order valence-corrected chi connectivity index (χ1v) is 12.5. The second-order valence-corrected chi connectivity index (χ2v) is 9.34. The van der Waals surface area contributed by atoms with Crippen LogP contribution in [0, 0.1) is 0 Å². The maximum Gasteiger partial charge on any atom is 0.181 e. The number of H-pyrrole nitrogens is 2. The molecule has 9 heteroatoms. The van der Waals surface area contributed by atoms with Crippen molar-refractivity contribution in [3.8, 4) is 39.7 Å². The third-order valence-corrected chi connectivity index (χ3v) is 6.88. The average Bonchev–Trinajstić information content (AvgIpc) is 3.58. The number of aromatic amines is 2. The minimum absolute atomic E-state index is 0.268. The summed E-state index contributed by atoms with van der Waals surface area (Å²) in [6, 6.07) is 11.9. The van der Waals surface area contributed by atoms with E-state index in [4.69, 9.17) is 9.72 Å². The van der Waals surface area contributed by atoms with Gasteiger partial charge in [0.1, 0.15) is 11.4 Å². The fourth-order valence-electron chi connectivity index (χ4n) is 5.02. The molecule has 1 aliphatic carbocycles. The molecule has 0 amide bonds. The summed E-state index contributed by atoms with van der Waals surface area (Å²) in [6.45, 7) is 0. The smallest absolute Gasteiger partial charge is 0.181 e. The van der Waals surface area contributed by atoms with Gasteiger partial charge in [-0.3, -0.25) is 15.1 Å². The predicted molar refractivity (Wildman–Crippen MR) is 141 cm³/mol. The number of fused-ring (bicyclic) bond motifs is 2. The summed E-state index contributed by atoms with van der Waals surface area (Å²) in [6.07, 6.45) is 15.2. The van der Waals surface area contributed by atoms with E-state index in [0.29, 0.717) is 17.1 Å². The van der Waals surface area contributed by atoms with E-state index in [1.54, 1.807) is 18.6 Å². The molecule has 0 aromatic carbocycles. The Bertz CT molecular complexity index is 1700. The van der Waals surface area contributed by atoms with Gasteiger partial charge in [0, 0.05) is 41.5 Å². The van der Waals surface area contributed by atoms with Gasteiger partial charge in [0.15, 0.2) is 17.1 Å². The summed E-state index contributed by atoms with van der Waals surface area (Å²) in [5.41, 5.74) is 6.45. The van der Waals surface area contributed by atoms with Crippen molar-refractivity contribution in [2.45, 2.75) is 38.2 Å². The van der Waals surface area contributed by atoms with Crippen molar-refractivity contribution in [3.05, 3.63) is 67.4 Å². The van der Waals surface area contributed by atoms with Gasteiger partial charge in [-0.15, -0.1) is 0 Å². The normalized spacial score (nSPS) is 14.4. The highest BCUT2D eigenvalue weighted by Crippen LogP contribution is 2.32. The third-order valence-electron chi connectivity index (χ3n) is 6.88. The van der Waals surface area contributed by atoms with Crippen LogP contribution in [0.3, 0.4) is 0 Å². The van der Waals surface area contributed by atoms with Crippen molar-refractivity contribution in [3.63, 3.8) is 0 Å². The van der Waals surface area contributed by atoms with Crippen molar-refractivity contribution < 1.29 is 4.74 Å². The molecule has 0 unspecified atom stereocenters. The van der Waals surface area contributed by atoms with Crippen LogP contribution in [0.25, 0.3) is 56.1 Å². The number of hydrogen-bond acceptors (Lipinski definition) is 7. The van der Waals surface area contributed by atoms with E-state index in [0.717, 1.165) is 57.6 Å². The Morgan fingerprint density at radius 2 is 1.76 bits per heavy atom. The lowest BCUT2D eigenvalue weighted by Crippen LogP contribution is -2.19. The van der Waals surface area contributed by atoms with Crippen LogP contribution in [0.4, 0.5) is 0 Å². The molecule has 0 bridgehead atoms. The Kier molecular flexibility index (Phi) is 5.31. The molecule has 2 N–H and O–H groups in total. The number of imidazole rings is 1. The largest absolute Gasteiger partial charge is 0.489 e. The average molecular weight is 489 g/mol. The van der Waals surface area contributed by atoms with E-state index in [9.17, 15) is 0 Å². The number of nitrogens with one attached hydrogen (secondary N) is 2. The fraction of sp³-hybridized carbons (Fsp3) is 0.214. The van der Waals surface area contributed by atoms with Crippen molar-refractivity contribution >= 4 is 22.2 Å². The molecule has 0 saturated heterocycles. The van der Waals surface area contributed by atoms with Crippen molar-refractivity contribution in [1.29, 1.82) is 0 Å². The highest BCUT2D eigenvalue weighted by Gasteiger charge is 2.18. The van der Waals surface area contributed by atoms with Gasteiger partial charge in [-0.05, 0) is 56.0 Å². The lowest BCUT2D eigenvalue weighted by molar-refractivity contribution is 0.154. The predicted octanol–water partition coefficient (Wildman–Crippen LogP) is 5.73. The molecule has 6 heterocycles. The van der Waals surface area contributed by atoms with Crippen LogP contribution in [0.2, 0.25) is 0 Å². The molecule has 37 heavy (non-hydrogen) atoms. The minimum Gasteiger partial charge on any atom is -0.489 e. The van der Waals surface area contributed by atoms with Gasteiger partial charge < -0.3 is 9.72 Å². The zero-order valence-corrected chi connectivity index (χ0v) is 20.1. The first kappa shape index (κ1) is 21.6. The van der Waals surface area contributed by atoms with Crippen LogP contribution in [-0.4, -0.2) is 46.2 Å². The number of nitrogens with zero attached hydrogens (tertiary/aromatic N) is 6. The molecule has 7 rings (SSSR count). The van der Waals surface area contributed by atoms with Gasteiger partial charge in [-0.2, -0.15) is 5.10 Å². The summed E-state index contributed by atoms with van der Waals surface area (Å²) >= 11 is 0. The SMILES string of the molecule is c1ccc(-c2ccnc3nc(-c4[nH]nc5ncc(-c6cncc(OC7CCCCC7)c6)cc45)[nH]c23)nc1. The molecule has 6 aromatic heterocycles. The van der Waals surface area contributed by atoms with Gasteiger partial charge in [-0.25, -0.2) is 15.0 Å². The van der Waals surface area contributed by atoms with Gasteiger partial charge in [0.25, 0.3) is 0 Å². The van der Waals surface area contributed by atoms with E-state index in [-0.39, 0.29) is 6.10 Å². The molecule has 0 radical (unpaired) electrons. The van der Waals surface area contributed by atoms with Crippen LogP contribution in [-0.2, 0) is 0 Å². The first-order chi connectivity index (χ1) is 18.3. The summed E-state index contributed by atoms with van der Waals surface area (Å²) < 4.78 is 6.24. The van der Waals surface area contributed by atoms with Crippen molar-refractivity contribution in [2.75, 3.05) is 0 Å². The number of aromatic nitrogens is 8. The Labute approximate surface area is 212 Å². The number of pyridine rings is 4. The molecule has 6 aromatic rings. The van der Waals surface area contributed by atoms with Crippen LogP contribution < -0.4 is 4.74 Å². The highest BCUT2D eigenvalue weighted by molar-refractivity contribution is 5.95. The minimum atomic E-state index is 0.268. The summed E-state index contributed by atoms with van der Waals surface area (Å²) in [5.74, 6) is 1.43. The standard InChI is InChI=1S/C28H24N8O/c1-2-6-19(7-3-1)37-20-12-17(14-29-16-20)18-13-22-25(35-36-26(22)32-15-18)28-33-24-21(9-11-31-27(24)34-28)23-8-4-5-10-30-23/h4-5,8-16,19H,1-3,6-7H2,(H,31,33,34)(H,32,35,36). The zero-order valence-electron chi connectivity index (χ0n) is 20.1. The number of hydrogen-bond donors (Lipinski definition) is 2. The van der Waals surface area contributed by atoms with Crippen LogP contribution >= 0.6 is 0 Å². The Balaban J connectivity index is 1.26. The van der Waals surface area contributed by atoms with Crippen molar-refractivity contribution in [1.82, 2.24) is 40.1 Å². The van der Waals surface area contributed by atoms with Crippen molar-refractivity contribution in [2.24, 2.45) is 0 Å². The van der Waals surface area contributed by atoms with E-state index in [1.807, 2.05) is 42.7 Å². The second kappa shape index (κ2) is 9.09. The molecule has 9 nitrogen and oxygen atoms in total. The number of ether oxygens (including phenoxy) is 1. The van der Waals surface area contributed by atoms with E-state index < -0.39 is 0 Å². The molecule has 0 atom stereocenters. The monoisotopic (exact) mass is 488 g/mol. The summed E-state index contributed by atoms with van der Waals surface area (Å²) in [7, 11) is 0. The van der Waals surface area contributed by atoms with Gasteiger partial charge in [-0.1, -0.05) is 12.5 Å². The molecule has 1 aliphatic rings. The quantitative estimate of drug-likeness (QED) is 0.318. The molecular formula is C28H24N8O. The van der Waals surface area contributed by atoms with Crippen LogP contribution in [0.15, 0.2) is 67.4 Å². The summed E-state index contributed by atoms with van der Waals surface area (Å²) in [5, 5.41) is 8.37. The lowest BCUT2D eigenvalue weighted by Gasteiger charge is -2.23. The summed E-state index contributed by atoms with van der Waals surface area (Å²) in [4.78, 5) is 26.1. The van der Waals surface area contributed by atoms with Crippen LogP contribution in [0.1, 0.15) is 32.1 Å². The maximum atomic E-state index is 6.24. The zero-order chi connectivity index (χ0) is 24.6. The molecule has 0 aliphatic heterocycles. The molecule has 1 saturated carbocycles. The first-order valence-electron chi connectivity index (χ1n) is 12.5. The van der Waals surface area contributed by atoms with E-state index >= 15 is 0 Å². The maximum absolute atomic E-state index is 6.24. The highest BCUT2D eigenvalue weighted by atomic mass is 16.5. The lowest BCUT2D eigenvalue weighted by atomic mass is 9.98. The van der Waals surface area contributed by atoms with E-state index in [1.165, 1.54) is 19.3 Å². The third kappa shape index (κ3) is 4.08. The Hall–Kier alpha value is -4.66. The van der Waals surface area contributed by atoms with Gasteiger partial charge in [0.05, 0.1) is 28.9 Å². The van der Waals surface area contributed by atoms with Crippen LogP contribution in [0.5, 0.6) is 5.75 Å². The molecule has 0 spiro atoms.